The fourth-order valence-corrected chi connectivity index (χ4v) is 8.50. The second-order valence-corrected chi connectivity index (χ2v) is 20.1. The first-order chi connectivity index (χ1) is 34.9. The average Bonchev–Trinajstić information content (AvgIpc) is 3.37. The number of aliphatic hydroxyl groups is 1. The summed E-state index contributed by atoms with van der Waals surface area (Å²) >= 11 is 0. The Morgan fingerprint density at radius 1 is 0.324 bits per heavy atom. The number of hydrogen-bond acceptors (Lipinski definition) is 11. The summed E-state index contributed by atoms with van der Waals surface area (Å²) in [7, 11) is 0. The number of nitrogens with one attached hydrogen (secondary N) is 1. The van der Waals surface area contributed by atoms with Crippen molar-refractivity contribution in [3.8, 4) is 0 Å². The maximum absolute atomic E-state index is 12.3. The molecule has 0 aromatic carbocycles. The van der Waals surface area contributed by atoms with Crippen LogP contribution in [0.4, 0.5) is 0 Å². The van der Waals surface area contributed by atoms with Crippen LogP contribution in [-0.2, 0) is 38.1 Å². The molecule has 0 aliphatic carbocycles. The summed E-state index contributed by atoms with van der Waals surface area (Å²) in [5, 5.41) is 12.2. The highest BCUT2D eigenvalue weighted by atomic mass is 16.5. The first kappa shape index (κ1) is 71.3. The minimum Gasteiger partial charge on any atom is -0.466 e. The second-order valence-electron chi connectivity index (χ2n) is 20.1. The minimum absolute atomic E-state index is 0.0170. The molecule has 424 valence electrons. The SMILES string of the molecule is CCCCCCCCCCCCCCOC(=O)CCN(CCOCCO)CCC(=O)OCCCCCCCCCCCCCC.CCCCCCCCCCCCCCOC(=O)CCNCCOCCC. The highest BCUT2D eigenvalue weighted by Gasteiger charge is 2.13. The molecule has 11 heteroatoms. The molecular formula is C60H120N2O9. The Labute approximate surface area is 439 Å². The van der Waals surface area contributed by atoms with E-state index in [-0.39, 0.29) is 31.1 Å². The van der Waals surface area contributed by atoms with E-state index in [9.17, 15) is 14.4 Å². The van der Waals surface area contributed by atoms with Gasteiger partial charge in [0.25, 0.3) is 0 Å². The molecule has 0 amide bonds. The summed E-state index contributed by atoms with van der Waals surface area (Å²) in [4.78, 5) is 38.3. The van der Waals surface area contributed by atoms with E-state index in [1.54, 1.807) is 0 Å². The molecule has 0 bridgehead atoms. The number of esters is 3. The third-order valence-corrected chi connectivity index (χ3v) is 13.1. The van der Waals surface area contributed by atoms with E-state index in [1.165, 1.54) is 199 Å². The van der Waals surface area contributed by atoms with Crippen LogP contribution in [0.3, 0.4) is 0 Å². The Balaban J connectivity index is 0. The van der Waals surface area contributed by atoms with Crippen LogP contribution in [0.15, 0.2) is 0 Å². The van der Waals surface area contributed by atoms with Gasteiger partial charge in [0.15, 0.2) is 0 Å². The molecule has 0 spiro atoms. The molecule has 0 fully saturated rings. The molecule has 0 aliphatic heterocycles. The standard InChI is InChI=1S/C38H75NO6.C22H45NO3/c1-3-5-7-9-11-13-15-17-19-21-23-25-33-44-37(41)27-29-39(31-35-43-36-32-40)30-28-38(42)45-34-26-24-22-20-18-16-14-12-10-8-6-4-2;1-3-5-6-7-8-9-10-11-12-13-14-15-20-26-22(24)16-17-23-18-21-25-19-4-2/h40H,3-36H2,1-2H3;23H,3-21H2,1-2H3. The smallest absolute Gasteiger partial charge is 0.307 e. The van der Waals surface area contributed by atoms with E-state index in [4.69, 9.17) is 28.8 Å². The van der Waals surface area contributed by atoms with Crippen LogP contribution in [0.2, 0.25) is 0 Å². The van der Waals surface area contributed by atoms with Gasteiger partial charge >= 0.3 is 17.9 Å². The van der Waals surface area contributed by atoms with E-state index in [0.29, 0.717) is 78.5 Å². The van der Waals surface area contributed by atoms with Crippen molar-refractivity contribution in [3.05, 3.63) is 0 Å². The average molecular weight is 1010 g/mol. The molecule has 0 aromatic heterocycles. The van der Waals surface area contributed by atoms with Crippen molar-refractivity contribution in [2.24, 2.45) is 0 Å². The van der Waals surface area contributed by atoms with Crippen LogP contribution in [0, 0.1) is 0 Å². The number of nitrogens with zero attached hydrogens (tertiary/aromatic N) is 1. The molecule has 0 rings (SSSR count). The van der Waals surface area contributed by atoms with E-state index in [2.05, 4.69) is 33.0 Å². The van der Waals surface area contributed by atoms with Crippen LogP contribution in [0.25, 0.3) is 0 Å². The van der Waals surface area contributed by atoms with Crippen LogP contribution in [0.5, 0.6) is 0 Å². The quantitative estimate of drug-likeness (QED) is 0.0343. The molecule has 71 heavy (non-hydrogen) atoms. The highest BCUT2D eigenvalue weighted by Crippen LogP contribution is 2.15. The van der Waals surface area contributed by atoms with E-state index >= 15 is 0 Å². The van der Waals surface area contributed by atoms with Crippen molar-refractivity contribution in [2.75, 3.05) is 85.6 Å². The Bertz CT molecular complexity index is 1010. The van der Waals surface area contributed by atoms with Crippen LogP contribution < -0.4 is 5.32 Å². The molecular weight excluding hydrogens is 893 g/mol. The van der Waals surface area contributed by atoms with Crippen molar-refractivity contribution in [1.82, 2.24) is 10.2 Å². The van der Waals surface area contributed by atoms with Gasteiger partial charge in [-0.15, -0.1) is 0 Å². The van der Waals surface area contributed by atoms with E-state index in [0.717, 1.165) is 51.7 Å². The van der Waals surface area contributed by atoms with Gasteiger partial charge in [-0.25, -0.2) is 0 Å². The lowest BCUT2D eigenvalue weighted by molar-refractivity contribution is -0.145. The summed E-state index contributed by atoms with van der Waals surface area (Å²) in [6.45, 7) is 15.8. The van der Waals surface area contributed by atoms with Gasteiger partial charge in [-0.3, -0.25) is 19.3 Å². The van der Waals surface area contributed by atoms with Crippen LogP contribution in [0.1, 0.15) is 285 Å². The van der Waals surface area contributed by atoms with Crippen molar-refractivity contribution in [2.45, 2.75) is 285 Å². The maximum Gasteiger partial charge on any atom is 0.307 e. The Morgan fingerprint density at radius 3 is 0.958 bits per heavy atom. The zero-order chi connectivity index (χ0) is 52.0. The predicted octanol–water partition coefficient (Wildman–Crippen LogP) is 15.2. The lowest BCUT2D eigenvalue weighted by Gasteiger charge is -2.21. The van der Waals surface area contributed by atoms with Gasteiger partial charge in [-0.05, 0) is 25.7 Å². The molecule has 0 aromatic rings. The molecule has 0 unspecified atom stereocenters. The topological polar surface area (TPSA) is 133 Å². The molecule has 0 saturated heterocycles. The second kappa shape index (κ2) is 64.3. The lowest BCUT2D eigenvalue weighted by atomic mass is 10.1. The molecule has 11 nitrogen and oxygen atoms in total. The zero-order valence-electron chi connectivity index (χ0n) is 47.6. The van der Waals surface area contributed by atoms with Crippen LogP contribution >= 0.6 is 0 Å². The summed E-state index contributed by atoms with van der Waals surface area (Å²) < 4.78 is 27.0. The van der Waals surface area contributed by atoms with Gasteiger partial charge in [-0.2, -0.15) is 0 Å². The summed E-state index contributed by atoms with van der Waals surface area (Å²) in [6, 6.07) is 0. The Hall–Kier alpha value is -1.79. The first-order valence-corrected chi connectivity index (χ1v) is 30.6. The van der Waals surface area contributed by atoms with E-state index < -0.39 is 0 Å². The van der Waals surface area contributed by atoms with Gasteiger partial charge in [0.2, 0.25) is 0 Å². The van der Waals surface area contributed by atoms with E-state index in [1.807, 2.05) is 4.90 Å². The van der Waals surface area contributed by atoms with Gasteiger partial charge in [0, 0.05) is 39.3 Å². The molecule has 0 saturated carbocycles. The zero-order valence-corrected chi connectivity index (χ0v) is 47.6. The predicted molar refractivity (Wildman–Crippen MR) is 298 cm³/mol. The number of carbonyl (C=O) groups is 3. The fourth-order valence-electron chi connectivity index (χ4n) is 8.50. The fraction of sp³-hybridized carbons (Fsp3) is 0.950. The third-order valence-electron chi connectivity index (χ3n) is 13.1. The highest BCUT2D eigenvalue weighted by molar-refractivity contribution is 5.70. The van der Waals surface area contributed by atoms with Crippen molar-refractivity contribution in [1.29, 1.82) is 0 Å². The van der Waals surface area contributed by atoms with Gasteiger partial charge < -0.3 is 34.1 Å². The number of unbranched alkanes of at least 4 members (excludes halogenated alkanes) is 33. The first-order valence-electron chi connectivity index (χ1n) is 30.6. The monoisotopic (exact) mass is 1010 g/mol. The number of rotatable bonds is 58. The summed E-state index contributed by atoms with van der Waals surface area (Å²) in [5.74, 6) is -0.460. The summed E-state index contributed by atoms with van der Waals surface area (Å²) in [6.07, 6.45) is 48.8. The maximum atomic E-state index is 12.3. The molecule has 2 N–H and O–H groups in total. The Morgan fingerprint density at radius 2 is 0.634 bits per heavy atom. The number of hydrogen-bond donors (Lipinski definition) is 2. The lowest BCUT2D eigenvalue weighted by Crippen LogP contribution is -2.33. The summed E-state index contributed by atoms with van der Waals surface area (Å²) in [5.41, 5.74) is 0. The van der Waals surface area contributed by atoms with Gasteiger partial charge in [0.05, 0.1) is 65.5 Å². The van der Waals surface area contributed by atoms with Crippen molar-refractivity contribution in [3.63, 3.8) is 0 Å². The van der Waals surface area contributed by atoms with Crippen molar-refractivity contribution >= 4 is 17.9 Å². The van der Waals surface area contributed by atoms with Crippen LogP contribution in [-0.4, -0.2) is 113 Å². The van der Waals surface area contributed by atoms with Gasteiger partial charge in [0.1, 0.15) is 0 Å². The molecule has 0 heterocycles. The molecule has 0 atom stereocenters. The van der Waals surface area contributed by atoms with Crippen molar-refractivity contribution < 1.29 is 43.2 Å². The molecule has 0 radical (unpaired) electrons. The number of aliphatic hydroxyl groups excluding tert-OH is 1. The Kier molecular flexibility index (Phi) is 64.6. The largest absolute Gasteiger partial charge is 0.466 e. The number of carbonyl (C=O) groups excluding carboxylic acids is 3. The van der Waals surface area contributed by atoms with Gasteiger partial charge in [-0.1, -0.05) is 240 Å². The third kappa shape index (κ3) is 64.3. The molecule has 0 aliphatic rings. The normalized spacial score (nSPS) is 11.2. The number of ether oxygens (including phenoxy) is 5. The minimum atomic E-state index is -0.186.